The van der Waals surface area contributed by atoms with Crippen LogP contribution in [0.3, 0.4) is 0 Å². The van der Waals surface area contributed by atoms with Crippen molar-refractivity contribution < 1.29 is 4.79 Å². The Balaban J connectivity index is 2.32. The molecule has 0 saturated carbocycles. The number of benzene rings is 1. The van der Waals surface area contributed by atoms with Crippen LogP contribution < -0.4 is 15.5 Å². The standard InChI is InChI=1S/C16H24BrN3O/c1-5-7-18-15-11-8-12(17)14(20(4)10(3)6-2)9-13(11)19-16(15)21/h8-10,15,18H,5-7H2,1-4H3,(H,19,21). The van der Waals surface area contributed by atoms with Crippen molar-refractivity contribution in [2.45, 2.75) is 45.7 Å². The van der Waals surface area contributed by atoms with E-state index >= 15 is 0 Å². The van der Waals surface area contributed by atoms with E-state index in [-0.39, 0.29) is 11.9 Å². The van der Waals surface area contributed by atoms with Crippen LogP contribution in [-0.2, 0) is 4.79 Å². The van der Waals surface area contributed by atoms with Crippen LogP contribution in [0.25, 0.3) is 0 Å². The Morgan fingerprint density at radius 2 is 2.14 bits per heavy atom. The number of rotatable bonds is 6. The fourth-order valence-corrected chi connectivity index (χ4v) is 3.18. The highest BCUT2D eigenvalue weighted by molar-refractivity contribution is 9.10. The summed E-state index contributed by atoms with van der Waals surface area (Å²) in [5, 5.41) is 6.29. The molecule has 2 atom stereocenters. The van der Waals surface area contributed by atoms with Crippen LogP contribution in [0.4, 0.5) is 11.4 Å². The number of amides is 1. The van der Waals surface area contributed by atoms with Gasteiger partial charge in [-0.15, -0.1) is 0 Å². The number of nitrogens with one attached hydrogen (secondary N) is 2. The molecule has 1 heterocycles. The molecule has 2 rings (SSSR count). The summed E-state index contributed by atoms with van der Waals surface area (Å²) in [6, 6.07) is 4.34. The van der Waals surface area contributed by atoms with Gasteiger partial charge in [0.1, 0.15) is 6.04 Å². The van der Waals surface area contributed by atoms with Gasteiger partial charge in [0.05, 0.1) is 5.69 Å². The lowest BCUT2D eigenvalue weighted by Crippen LogP contribution is -2.28. The Morgan fingerprint density at radius 1 is 1.43 bits per heavy atom. The number of fused-ring (bicyclic) bond motifs is 1. The van der Waals surface area contributed by atoms with Gasteiger partial charge in [-0.2, -0.15) is 0 Å². The molecular formula is C16H24BrN3O. The molecule has 116 valence electrons. The van der Waals surface area contributed by atoms with Crippen LogP contribution >= 0.6 is 15.9 Å². The first-order valence-corrected chi connectivity index (χ1v) is 8.39. The highest BCUT2D eigenvalue weighted by atomic mass is 79.9. The summed E-state index contributed by atoms with van der Waals surface area (Å²) in [5.41, 5.74) is 3.06. The summed E-state index contributed by atoms with van der Waals surface area (Å²) < 4.78 is 1.03. The molecule has 1 aromatic rings. The van der Waals surface area contributed by atoms with Crippen molar-refractivity contribution in [3.05, 3.63) is 22.2 Å². The maximum Gasteiger partial charge on any atom is 0.246 e. The monoisotopic (exact) mass is 353 g/mol. The Bertz CT molecular complexity index is 532. The third kappa shape index (κ3) is 3.24. The first-order chi connectivity index (χ1) is 9.99. The molecule has 1 aromatic carbocycles. The van der Waals surface area contributed by atoms with E-state index in [1.54, 1.807) is 0 Å². The number of anilines is 2. The number of nitrogens with zero attached hydrogens (tertiary/aromatic N) is 1. The van der Waals surface area contributed by atoms with E-state index in [4.69, 9.17) is 0 Å². The first-order valence-electron chi connectivity index (χ1n) is 7.60. The third-order valence-electron chi connectivity index (χ3n) is 4.18. The Kier molecular flexibility index (Phi) is 5.27. The lowest BCUT2D eigenvalue weighted by molar-refractivity contribution is -0.117. The van der Waals surface area contributed by atoms with Gasteiger partial charge in [0, 0.05) is 28.8 Å². The van der Waals surface area contributed by atoms with Crippen LogP contribution in [0, 0.1) is 0 Å². The maximum atomic E-state index is 12.1. The normalized spacial score (nSPS) is 18.3. The van der Waals surface area contributed by atoms with Crippen LogP contribution in [0.2, 0.25) is 0 Å². The number of halogens is 1. The van der Waals surface area contributed by atoms with E-state index in [0.29, 0.717) is 6.04 Å². The van der Waals surface area contributed by atoms with E-state index in [1.165, 1.54) is 0 Å². The molecule has 1 aliphatic heterocycles. The minimum absolute atomic E-state index is 0.0358. The molecule has 0 saturated heterocycles. The van der Waals surface area contributed by atoms with Crippen molar-refractivity contribution in [3.8, 4) is 0 Å². The number of carbonyl (C=O) groups excluding carboxylic acids is 1. The van der Waals surface area contributed by atoms with E-state index in [0.717, 1.165) is 40.8 Å². The molecule has 2 N–H and O–H groups in total. The van der Waals surface area contributed by atoms with Crippen molar-refractivity contribution in [2.75, 3.05) is 23.8 Å². The predicted octanol–water partition coefficient (Wildman–Crippen LogP) is 3.68. The van der Waals surface area contributed by atoms with E-state index in [1.807, 2.05) is 0 Å². The zero-order chi connectivity index (χ0) is 15.6. The van der Waals surface area contributed by atoms with Gasteiger partial charge >= 0.3 is 0 Å². The minimum atomic E-state index is -0.237. The van der Waals surface area contributed by atoms with Gasteiger partial charge in [-0.3, -0.25) is 4.79 Å². The number of carbonyl (C=O) groups is 1. The highest BCUT2D eigenvalue weighted by Gasteiger charge is 2.31. The van der Waals surface area contributed by atoms with Gasteiger partial charge in [-0.05, 0) is 54.4 Å². The van der Waals surface area contributed by atoms with Crippen molar-refractivity contribution in [3.63, 3.8) is 0 Å². The second kappa shape index (κ2) is 6.79. The zero-order valence-electron chi connectivity index (χ0n) is 13.2. The van der Waals surface area contributed by atoms with Crippen LogP contribution in [0.1, 0.15) is 45.2 Å². The topological polar surface area (TPSA) is 44.4 Å². The third-order valence-corrected chi connectivity index (χ3v) is 4.82. The first kappa shape index (κ1) is 16.3. The number of hydrogen-bond acceptors (Lipinski definition) is 3. The van der Waals surface area contributed by atoms with E-state index in [9.17, 15) is 4.79 Å². The molecule has 4 nitrogen and oxygen atoms in total. The van der Waals surface area contributed by atoms with Gasteiger partial charge in [0.15, 0.2) is 0 Å². The molecule has 0 radical (unpaired) electrons. The molecule has 0 aromatic heterocycles. The smallest absolute Gasteiger partial charge is 0.246 e. The summed E-state index contributed by atoms with van der Waals surface area (Å²) >= 11 is 3.66. The average Bonchev–Trinajstić information content (AvgIpc) is 2.77. The molecular weight excluding hydrogens is 330 g/mol. The molecule has 0 bridgehead atoms. The summed E-state index contributed by atoms with van der Waals surface area (Å²) in [4.78, 5) is 14.4. The predicted molar refractivity (Wildman–Crippen MR) is 92.0 cm³/mol. The fraction of sp³-hybridized carbons (Fsp3) is 0.562. The summed E-state index contributed by atoms with van der Waals surface area (Å²) in [6.45, 7) is 7.31. The lowest BCUT2D eigenvalue weighted by atomic mass is 10.1. The highest BCUT2D eigenvalue weighted by Crippen LogP contribution is 2.39. The largest absolute Gasteiger partial charge is 0.371 e. The molecule has 0 spiro atoms. The van der Waals surface area contributed by atoms with Gasteiger partial charge in [0.2, 0.25) is 5.91 Å². The Morgan fingerprint density at radius 3 is 2.76 bits per heavy atom. The fourth-order valence-electron chi connectivity index (χ4n) is 2.54. The Labute approximate surface area is 135 Å². The van der Waals surface area contributed by atoms with E-state index < -0.39 is 0 Å². The maximum absolute atomic E-state index is 12.1. The van der Waals surface area contributed by atoms with Crippen LogP contribution in [-0.4, -0.2) is 25.5 Å². The van der Waals surface area contributed by atoms with Crippen LogP contribution in [0.5, 0.6) is 0 Å². The quantitative estimate of drug-likeness (QED) is 0.819. The van der Waals surface area contributed by atoms with Crippen molar-refractivity contribution >= 4 is 33.2 Å². The molecule has 21 heavy (non-hydrogen) atoms. The zero-order valence-corrected chi connectivity index (χ0v) is 14.8. The SMILES string of the molecule is CCCNC1C(=O)Nc2cc(N(C)C(C)CC)c(Br)cc21. The second-order valence-electron chi connectivity index (χ2n) is 5.64. The molecule has 2 unspecified atom stereocenters. The van der Waals surface area contributed by atoms with Gasteiger partial charge in [0.25, 0.3) is 0 Å². The molecule has 5 heteroatoms. The van der Waals surface area contributed by atoms with E-state index in [2.05, 4.69) is 71.4 Å². The summed E-state index contributed by atoms with van der Waals surface area (Å²) in [7, 11) is 2.09. The summed E-state index contributed by atoms with van der Waals surface area (Å²) in [6.07, 6.45) is 2.09. The minimum Gasteiger partial charge on any atom is -0.371 e. The molecule has 0 fully saturated rings. The van der Waals surface area contributed by atoms with Crippen LogP contribution in [0.15, 0.2) is 16.6 Å². The number of hydrogen-bond donors (Lipinski definition) is 2. The van der Waals surface area contributed by atoms with Crippen molar-refractivity contribution in [1.82, 2.24) is 5.32 Å². The van der Waals surface area contributed by atoms with Gasteiger partial charge < -0.3 is 15.5 Å². The second-order valence-corrected chi connectivity index (χ2v) is 6.49. The van der Waals surface area contributed by atoms with Crippen molar-refractivity contribution in [2.24, 2.45) is 0 Å². The molecule has 0 aliphatic carbocycles. The average molecular weight is 354 g/mol. The molecule has 1 amide bonds. The van der Waals surface area contributed by atoms with Gasteiger partial charge in [-0.1, -0.05) is 13.8 Å². The summed E-state index contributed by atoms with van der Waals surface area (Å²) in [5.74, 6) is 0.0358. The molecule has 1 aliphatic rings. The Hall–Kier alpha value is -1.07. The van der Waals surface area contributed by atoms with Crippen molar-refractivity contribution in [1.29, 1.82) is 0 Å². The van der Waals surface area contributed by atoms with Gasteiger partial charge in [-0.25, -0.2) is 0 Å². The lowest BCUT2D eigenvalue weighted by Gasteiger charge is -2.27.